The molecular weight excluding hydrogens is 220 g/mol. The van der Waals surface area contributed by atoms with Crippen LogP contribution in [0.5, 0.6) is 0 Å². The molecule has 1 aliphatic rings. The van der Waals surface area contributed by atoms with E-state index in [2.05, 4.69) is 45.0 Å². The van der Waals surface area contributed by atoms with E-state index in [1.807, 2.05) is 6.07 Å². The Hall–Kier alpha value is -0.820. The molecule has 1 aromatic carbocycles. The minimum Gasteiger partial charge on any atom is -0.389 e. The molecule has 1 fully saturated rings. The molecule has 1 aromatic rings. The lowest BCUT2D eigenvalue weighted by molar-refractivity contribution is -0.0795. The highest BCUT2D eigenvalue weighted by Gasteiger charge is 2.42. The summed E-state index contributed by atoms with van der Waals surface area (Å²) in [7, 11) is 0. The summed E-state index contributed by atoms with van der Waals surface area (Å²) in [6, 6.07) is 10.4. The number of rotatable bonds is 3. The summed E-state index contributed by atoms with van der Waals surface area (Å²) >= 11 is 0. The Morgan fingerprint density at radius 2 is 1.89 bits per heavy atom. The van der Waals surface area contributed by atoms with Crippen molar-refractivity contribution in [1.82, 2.24) is 0 Å². The SMILES string of the molecule is CC1CCC(C(C)C)C(O)(Cc2ccccc2)C1. The summed E-state index contributed by atoms with van der Waals surface area (Å²) in [6.07, 6.45) is 4.19. The van der Waals surface area contributed by atoms with Crippen LogP contribution in [0.1, 0.15) is 45.6 Å². The molecule has 2 rings (SSSR count). The molecule has 3 unspecified atom stereocenters. The van der Waals surface area contributed by atoms with Crippen LogP contribution in [0.3, 0.4) is 0 Å². The zero-order chi connectivity index (χ0) is 13.2. The van der Waals surface area contributed by atoms with Gasteiger partial charge in [0.2, 0.25) is 0 Å². The second kappa shape index (κ2) is 5.44. The minimum atomic E-state index is -0.507. The average Bonchev–Trinajstić information content (AvgIpc) is 2.28. The van der Waals surface area contributed by atoms with Gasteiger partial charge in [0.05, 0.1) is 5.60 Å². The summed E-state index contributed by atoms with van der Waals surface area (Å²) in [5.74, 6) is 1.65. The first-order valence-electron chi connectivity index (χ1n) is 7.27. The molecule has 0 aliphatic heterocycles. The first kappa shape index (κ1) is 13.6. The van der Waals surface area contributed by atoms with Crippen molar-refractivity contribution in [3.8, 4) is 0 Å². The lowest BCUT2D eigenvalue weighted by Gasteiger charge is -2.45. The van der Waals surface area contributed by atoms with E-state index >= 15 is 0 Å². The third-order valence-electron chi connectivity index (χ3n) is 4.52. The summed E-state index contributed by atoms with van der Waals surface area (Å²) in [6.45, 7) is 6.76. The predicted octanol–water partition coefficient (Wildman–Crippen LogP) is 4.05. The van der Waals surface area contributed by atoms with Gasteiger partial charge in [-0.15, -0.1) is 0 Å². The number of benzene rings is 1. The van der Waals surface area contributed by atoms with Gasteiger partial charge in [-0.2, -0.15) is 0 Å². The number of hydrogen-bond acceptors (Lipinski definition) is 1. The third kappa shape index (κ3) is 2.95. The highest BCUT2D eigenvalue weighted by atomic mass is 16.3. The van der Waals surface area contributed by atoms with Gasteiger partial charge in [-0.25, -0.2) is 0 Å². The largest absolute Gasteiger partial charge is 0.389 e. The van der Waals surface area contributed by atoms with Crippen molar-refractivity contribution in [2.45, 2.75) is 52.1 Å². The summed E-state index contributed by atoms with van der Waals surface area (Å²) in [4.78, 5) is 0. The average molecular weight is 246 g/mol. The van der Waals surface area contributed by atoms with Crippen molar-refractivity contribution in [2.75, 3.05) is 0 Å². The fourth-order valence-corrected chi connectivity index (χ4v) is 3.70. The molecule has 18 heavy (non-hydrogen) atoms. The van der Waals surface area contributed by atoms with E-state index in [-0.39, 0.29) is 0 Å². The highest BCUT2D eigenvalue weighted by molar-refractivity contribution is 5.18. The molecule has 1 N–H and O–H groups in total. The molecule has 1 heteroatoms. The molecule has 100 valence electrons. The Bertz CT molecular complexity index is 370. The van der Waals surface area contributed by atoms with Crippen LogP contribution in [0, 0.1) is 17.8 Å². The Morgan fingerprint density at radius 3 is 2.50 bits per heavy atom. The maximum absolute atomic E-state index is 11.1. The number of aliphatic hydroxyl groups is 1. The van der Waals surface area contributed by atoms with Crippen molar-refractivity contribution in [2.24, 2.45) is 17.8 Å². The second-order valence-corrected chi connectivity index (χ2v) is 6.50. The van der Waals surface area contributed by atoms with Crippen LogP contribution in [-0.4, -0.2) is 10.7 Å². The lowest BCUT2D eigenvalue weighted by atomic mass is 9.65. The van der Waals surface area contributed by atoms with Gasteiger partial charge in [-0.3, -0.25) is 0 Å². The Morgan fingerprint density at radius 1 is 1.22 bits per heavy atom. The first-order valence-corrected chi connectivity index (χ1v) is 7.27. The van der Waals surface area contributed by atoms with Gasteiger partial charge in [0, 0.05) is 6.42 Å². The van der Waals surface area contributed by atoms with Crippen LogP contribution in [0.2, 0.25) is 0 Å². The van der Waals surface area contributed by atoms with E-state index in [0.29, 0.717) is 17.8 Å². The molecule has 1 aliphatic carbocycles. The van der Waals surface area contributed by atoms with E-state index in [1.165, 1.54) is 18.4 Å². The maximum atomic E-state index is 11.1. The van der Waals surface area contributed by atoms with Crippen LogP contribution in [0.4, 0.5) is 0 Å². The third-order valence-corrected chi connectivity index (χ3v) is 4.52. The zero-order valence-corrected chi connectivity index (χ0v) is 11.9. The van der Waals surface area contributed by atoms with Gasteiger partial charge < -0.3 is 5.11 Å². The molecule has 1 nitrogen and oxygen atoms in total. The molecule has 0 bridgehead atoms. The minimum absolute atomic E-state index is 0.439. The van der Waals surface area contributed by atoms with Crippen LogP contribution >= 0.6 is 0 Å². The van der Waals surface area contributed by atoms with E-state index < -0.39 is 5.60 Å². The van der Waals surface area contributed by atoms with Gasteiger partial charge in [0.1, 0.15) is 0 Å². The molecule has 0 saturated heterocycles. The topological polar surface area (TPSA) is 20.2 Å². The van der Waals surface area contributed by atoms with Crippen molar-refractivity contribution < 1.29 is 5.11 Å². The maximum Gasteiger partial charge on any atom is 0.0720 e. The molecular formula is C17H26O. The Balaban J connectivity index is 2.19. The monoisotopic (exact) mass is 246 g/mol. The normalized spacial score (nSPS) is 32.7. The van der Waals surface area contributed by atoms with Crippen molar-refractivity contribution in [3.63, 3.8) is 0 Å². The molecule has 0 aromatic heterocycles. The first-order chi connectivity index (χ1) is 8.51. The van der Waals surface area contributed by atoms with Gasteiger partial charge in [-0.05, 0) is 36.2 Å². The zero-order valence-electron chi connectivity index (χ0n) is 11.9. The molecule has 0 amide bonds. The Labute approximate surface area is 111 Å². The van der Waals surface area contributed by atoms with E-state index in [4.69, 9.17) is 0 Å². The quantitative estimate of drug-likeness (QED) is 0.853. The Kier molecular flexibility index (Phi) is 4.11. The second-order valence-electron chi connectivity index (χ2n) is 6.50. The molecule has 0 radical (unpaired) electrons. The van der Waals surface area contributed by atoms with E-state index in [1.54, 1.807) is 0 Å². The summed E-state index contributed by atoms with van der Waals surface area (Å²) in [5, 5.41) is 11.1. The van der Waals surface area contributed by atoms with Crippen LogP contribution in [-0.2, 0) is 6.42 Å². The van der Waals surface area contributed by atoms with E-state index in [0.717, 1.165) is 12.8 Å². The van der Waals surface area contributed by atoms with Crippen LogP contribution in [0.15, 0.2) is 30.3 Å². The predicted molar refractivity (Wildman–Crippen MR) is 76.4 cm³/mol. The summed E-state index contributed by atoms with van der Waals surface area (Å²) in [5.41, 5.74) is 0.757. The van der Waals surface area contributed by atoms with Gasteiger partial charge in [0.25, 0.3) is 0 Å². The van der Waals surface area contributed by atoms with Crippen molar-refractivity contribution >= 4 is 0 Å². The fourth-order valence-electron chi connectivity index (χ4n) is 3.70. The van der Waals surface area contributed by atoms with E-state index in [9.17, 15) is 5.11 Å². The number of hydrogen-bond donors (Lipinski definition) is 1. The lowest BCUT2D eigenvalue weighted by Crippen LogP contribution is -2.47. The van der Waals surface area contributed by atoms with Gasteiger partial charge in [0.15, 0.2) is 0 Å². The molecule has 0 heterocycles. The van der Waals surface area contributed by atoms with Gasteiger partial charge >= 0.3 is 0 Å². The fraction of sp³-hybridized carbons (Fsp3) is 0.647. The molecule has 1 saturated carbocycles. The highest BCUT2D eigenvalue weighted by Crippen LogP contribution is 2.42. The molecule has 0 spiro atoms. The van der Waals surface area contributed by atoms with Gasteiger partial charge in [-0.1, -0.05) is 57.5 Å². The van der Waals surface area contributed by atoms with Crippen molar-refractivity contribution in [3.05, 3.63) is 35.9 Å². The summed E-state index contributed by atoms with van der Waals surface area (Å²) < 4.78 is 0. The smallest absolute Gasteiger partial charge is 0.0720 e. The van der Waals surface area contributed by atoms with Crippen molar-refractivity contribution in [1.29, 1.82) is 0 Å². The molecule has 3 atom stereocenters. The standard InChI is InChI=1S/C17H26O/c1-13(2)16-10-9-14(3)11-17(16,18)12-15-7-5-4-6-8-15/h4-8,13-14,16,18H,9-12H2,1-3H3. The van der Waals surface area contributed by atoms with Crippen LogP contribution < -0.4 is 0 Å². The van der Waals surface area contributed by atoms with Crippen LogP contribution in [0.25, 0.3) is 0 Å².